The van der Waals surface area contributed by atoms with Crippen molar-refractivity contribution in [3.05, 3.63) is 53.6 Å². The van der Waals surface area contributed by atoms with Crippen molar-refractivity contribution >= 4 is 6.08 Å². The molecule has 4 heteroatoms. The molecule has 1 unspecified atom stereocenters. The molecule has 0 saturated heterocycles. The monoisotopic (exact) mass is 298 g/mol. The van der Waals surface area contributed by atoms with E-state index >= 15 is 0 Å². The van der Waals surface area contributed by atoms with Crippen LogP contribution in [0, 0.1) is 0 Å². The number of methoxy groups -OCH3 is 3. The Morgan fingerprint density at radius 3 is 2.23 bits per heavy atom. The molecule has 0 amide bonds. The van der Waals surface area contributed by atoms with Crippen molar-refractivity contribution in [1.82, 2.24) is 0 Å². The lowest BCUT2D eigenvalue weighted by molar-refractivity contribution is 0.248. The summed E-state index contributed by atoms with van der Waals surface area (Å²) in [6.07, 6.45) is 3.89. The van der Waals surface area contributed by atoms with Crippen molar-refractivity contribution in [2.24, 2.45) is 0 Å². The minimum Gasteiger partial charge on any atom is -0.497 e. The van der Waals surface area contributed by atoms with Crippen LogP contribution in [0.25, 0.3) is 6.08 Å². The van der Waals surface area contributed by atoms with Gasteiger partial charge in [-0.3, -0.25) is 0 Å². The van der Waals surface area contributed by atoms with Gasteiger partial charge in [-0.15, -0.1) is 0 Å². The van der Waals surface area contributed by atoms with Crippen LogP contribution in [0.4, 0.5) is 0 Å². The molecular weight excluding hydrogens is 280 g/mol. The van der Waals surface area contributed by atoms with Crippen molar-refractivity contribution in [3.8, 4) is 23.0 Å². The maximum absolute atomic E-state index is 6.09. The van der Waals surface area contributed by atoms with Crippen LogP contribution in [0.15, 0.2) is 42.5 Å². The molecule has 1 heterocycles. The van der Waals surface area contributed by atoms with Gasteiger partial charge in [-0.2, -0.15) is 0 Å². The van der Waals surface area contributed by atoms with E-state index in [1.165, 1.54) is 0 Å². The summed E-state index contributed by atoms with van der Waals surface area (Å²) >= 11 is 0. The summed E-state index contributed by atoms with van der Waals surface area (Å²) in [5.74, 6) is 3.02. The third kappa shape index (κ3) is 2.60. The van der Waals surface area contributed by atoms with E-state index in [1.54, 1.807) is 21.3 Å². The summed E-state index contributed by atoms with van der Waals surface area (Å²) in [6.45, 7) is 0. The smallest absolute Gasteiger partial charge is 0.142 e. The largest absolute Gasteiger partial charge is 0.497 e. The van der Waals surface area contributed by atoms with Gasteiger partial charge in [0.25, 0.3) is 0 Å². The SMILES string of the molecule is COc1ccc(C2C=Cc3c(OC)cc(OC)cc3O2)cc1. The summed E-state index contributed by atoms with van der Waals surface area (Å²) in [6, 6.07) is 11.6. The first-order chi connectivity index (χ1) is 10.7. The molecule has 0 spiro atoms. The summed E-state index contributed by atoms with van der Waals surface area (Å²) in [5.41, 5.74) is 1.98. The summed E-state index contributed by atoms with van der Waals surface area (Å²) in [7, 11) is 4.92. The molecule has 0 N–H and O–H groups in total. The van der Waals surface area contributed by atoms with Crippen LogP contribution in [-0.4, -0.2) is 21.3 Å². The van der Waals surface area contributed by atoms with Gasteiger partial charge in [-0.25, -0.2) is 0 Å². The first-order valence-corrected chi connectivity index (χ1v) is 7.00. The molecule has 1 aliphatic heterocycles. The second kappa shape index (κ2) is 6.02. The van der Waals surface area contributed by atoms with Gasteiger partial charge in [0.2, 0.25) is 0 Å². The first-order valence-electron chi connectivity index (χ1n) is 7.00. The Bertz CT molecular complexity index is 689. The number of rotatable bonds is 4. The zero-order valence-corrected chi connectivity index (χ0v) is 12.8. The van der Waals surface area contributed by atoms with Gasteiger partial charge in [0, 0.05) is 12.1 Å². The molecular formula is C18H18O4. The average molecular weight is 298 g/mol. The average Bonchev–Trinajstić information content (AvgIpc) is 2.60. The molecule has 0 bridgehead atoms. The molecule has 3 rings (SSSR count). The maximum Gasteiger partial charge on any atom is 0.142 e. The highest BCUT2D eigenvalue weighted by Crippen LogP contribution is 2.41. The van der Waals surface area contributed by atoms with Gasteiger partial charge < -0.3 is 18.9 Å². The molecule has 0 aliphatic carbocycles. The summed E-state index contributed by atoms with van der Waals surface area (Å²) in [5, 5.41) is 0. The molecule has 0 radical (unpaired) electrons. The standard InChI is InChI=1S/C18H18O4/c1-19-13-6-4-12(5-7-13)16-9-8-15-17(21-3)10-14(20-2)11-18(15)22-16/h4-11,16H,1-3H3. The highest BCUT2D eigenvalue weighted by atomic mass is 16.5. The Kier molecular flexibility index (Phi) is 3.92. The molecule has 2 aromatic rings. The first kappa shape index (κ1) is 14.3. The molecule has 2 aromatic carbocycles. The lowest BCUT2D eigenvalue weighted by Crippen LogP contribution is -2.09. The quantitative estimate of drug-likeness (QED) is 0.859. The Morgan fingerprint density at radius 2 is 1.59 bits per heavy atom. The van der Waals surface area contributed by atoms with E-state index in [1.807, 2.05) is 48.6 Å². The van der Waals surface area contributed by atoms with Crippen molar-refractivity contribution in [1.29, 1.82) is 0 Å². The number of hydrogen-bond acceptors (Lipinski definition) is 4. The molecule has 1 atom stereocenters. The van der Waals surface area contributed by atoms with Crippen LogP contribution >= 0.6 is 0 Å². The number of fused-ring (bicyclic) bond motifs is 1. The zero-order valence-electron chi connectivity index (χ0n) is 12.8. The molecule has 0 saturated carbocycles. The summed E-state index contributed by atoms with van der Waals surface area (Å²) < 4.78 is 22.0. The van der Waals surface area contributed by atoms with E-state index in [4.69, 9.17) is 18.9 Å². The van der Waals surface area contributed by atoms with Crippen LogP contribution in [0.3, 0.4) is 0 Å². The van der Waals surface area contributed by atoms with Crippen molar-refractivity contribution < 1.29 is 18.9 Å². The fourth-order valence-electron chi connectivity index (χ4n) is 2.46. The van der Waals surface area contributed by atoms with Crippen LogP contribution in [0.1, 0.15) is 17.2 Å². The van der Waals surface area contributed by atoms with E-state index in [-0.39, 0.29) is 6.10 Å². The molecule has 22 heavy (non-hydrogen) atoms. The zero-order chi connectivity index (χ0) is 15.5. The predicted molar refractivity (Wildman–Crippen MR) is 84.9 cm³/mol. The van der Waals surface area contributed by atoms with Crippen LogP contribution in [-0.2, 0) is 0 Å². The molecule has 4 nitrogen and oxygen atoms in total. The van der Waals surface area contributed by atoms with E-state index < -0.39 is 0 Å². The van der Waals surface area contributed by atoms with Crippen LogP contribution < -0.4 is 18.9 Å². The van der Waals surface area contributed by atoms with Gasteiger partial charge in [-0.05, 0) is 29.8 Å². The van der Waals surface area contributed by atoms with Crippen LogP contribution in [0.2, 0.25) is 0 Å². The minimum absolute atomic E-state index is 0.143. The molecule has 0 fully saturated rings. The number of hydrogen-bond donors (Lipinski definition) is 0. The third-order valence-electron chi connectivity index (χ3n) is 3.67. The normalized spacial score (nSPS) is 15.7. The fourth-order valence-corrected chi connectivity index (χ4v) is 2.46. The highest BCUT2D eigenvalue weighted by Gasteiger charge is 2.20. The van der Waals surface area contributed by atoms with Gasteiger partial charge in [-0.1, -0.05) is 12.1 Å². The van der Waals surface area contributed by atoms with E-state index in [0.717, 1.165) is 28.4 Å². The molecule has 1 aliphatic rings. The van der Waals surface area contributed by atoms with Crippen molar-refractivity contribution in [2.45, 2.75) is 6.10 Å². The van der Waals surface area contributed by atoms with E-state index in [2.05, 4.69) is 0 Å². The van der Waals surface area contributed by atoms with Gasteiger partial charge >= 0.3 is 0 Å². The maximum atomic E-state index is 6.09. The van der Waals surface area contributed by atoms with Crippen molar-refractivity contribution in [3.63, 3.8) is 0 Å². The number of benzene rings is 2. The van der Waals surface area contributed by atoms with Crippen LogP contribution in [0.5, 0.6) is 23.0 Å². The molecule has 114 valence electrons. The predicted octanol–water partition coefficient (Wildman–Crippen LogP) is 3.86. The number of ether oxygens (including phenoxy) is 4. The van der Waals surface area contributed by atoms with Gasteiger partial charge in [0.15, 0.2) is 0 Å². The lowest BCUT2D eigenvalue weighted by atomic mass is 10.0. The molecule has 0 aromatic heterocycles. The van der Waals surface area contributed by atoms with Crippen molar-refractivity contribution in [2.75, 3.05) is 21.3 Å². The lowest BCUT2D eigenvalue weighted by Gasteiger charge is -2.23. The Balaban J connectivity index is 1.93. The fraction of sp³-hybridized carbons (Fsp3) is 0.222. The second-order valence-electron chi connectivity index (χ2n) is 4.91. The topological polar surface area (TPSA) is 36.9 Å². The Hall–Kier alpha value is -2.62. The van der Waals surface area contributed by atoms with E-state index in [0.29, 0.717) is 5.75 Å². The third-order valence-corrected chi connectivity index (χ3v) is 3.67. The Labute approximate surface area is 129 Å². The van der Waals surface area contributed by atoms with Gasteiger partial charge in [0.05, 0.1) is 26.9 Å². The van der Waals surface area contributed by atoms with Gasteiger partial charge in [0.1, 0.15) is 29.1 Å². The highest BCUT2D eigenvalue weighted by molar-refractivity contribution is 5.68. The summed E-state index contributed by atoms with van der Waals surface area (Å²) in [4.78, 5) is 0. The second-order valence-corrected chi connectivity index (χ2v) is 4.91. The Morgan fingerprint density at radius 1 is 0.864 bits per heavy atom. The minimum atomic E-state index is -0.143. The van der Waals surface area contributed by atoms with E-state index in [9.17, 15) is 0 Å².